The van der Waals surface area contributed by atoms with Crippen molar-refractivity contribution < 1.29 is 9.05 Å². The molecule has 1 unspecified atom stereocenters. The monoisotopic (exact) mass is 306 g/mol. The van der Waals surface area contributed by atoms with Gasteiger partial charge in [0.2, 0.25) is 0 Å². The lowest BCUT2D eigenvalue weighted by molar-refractivity contribution is 0.310. The molecule has 0 bridgehead atoms. The van der Waals surface area contributed by atoms with Gasteiger partial charge >= 0.3 is 0 Å². The number of para-hydroxylation sites is 1. The molecular weight excluding hydrogens is 291 g/mol. The Bertz CT molecular complexity index is 786. The minimum absolute atomic E-state index is 0.559. The lowest BCUT2D eigenvalue weighted by Gasteiger charge is -2.27. The van der Waals surface area contributed by atoms with Crippen LogP contribution in [0.4, 0.5) is 0 Å². The minimum Gasteiger partial charge on any atom is -0.443 e. The van der Waals surface area contributed by atoms with Gasteiger partial charge in [-0.3, -0.25) is 0 Å². The number of hydrogen-bond donors (Lipinski definition) is 0. The van der Waals surface area contributed by atoms with Crippen molar-refractivity contribution in [3.8, 4) is 16.9 Å². The highest BCUT2D eigenvalue weighted by Crippen LogP contribution is 2.49. The van der Waals surface area contributed by atoms with Gasteiger partial charge in [-0.2, -0.15) is 0 Å². The second kappa shape index (κ2) is 5.92. The zero-order valence-electron chi connectivity index (χ0n) is 12.0. The smallest absolute Gasteiger partial charge is 0.266 e. The van der Waals surface area contributed by atoms with E-state index in [0.717, 1.165) is 22.2 Å². The van der Waals surface area contributed by atoms with E-state index in [-0.39, 0.29) is 0 Å². The van der Waals surface area contributed by atoms with E-state index in [9.17, 15) is 0 Å². The Labute approximate surface area is 131 Å². The minimum atomic E-state index is -1.10. The Hall–Kier alpha value is -2.15. The van der Waals surface area contributed by atoms with Gasteiger partial charge in [-0.05, 0) is 23.3 Å². The van der Waals surface area contributed by atoms with Crippen molar-refractivity contribution in [1.82, 2.24) is 0 Å². The Balaban J connectivity index is 1.65. The molecule has 0 saturated carbocycles. The SMILES string of the molecule is c1ccc(COP2Oc3ccccc3-c3ccccc32)cc1. The normalized spacial score (nSPS) is 15.5. The summed E-state index contributed by atoms with van der Waals surface area (Å²) in [6, 6.07) is 26.7. The fraction of sp³-hybridized carbons (Fsp3) is 0.0526. The summed E-state index contributed by atoms with van der Waals surface area (Å²) in [5.74, 6) is 0.903. The molecule has 0 fully saturated rings. The van der Waals surface area contributed by atoms with Gasteiger partial charge in [-0.15, -0.1) is 0 Å². The molecule has 3 aromatic rings. The molecule has 1 heterocycles. The van der Waals surface area contributed by atoms with Crippen molar-refractivity contribution in [2.24, 2.45) is 0 Å². The zero-order chi connectivity index (χ0) is 14.8. The lowest BCUT2D eigenvalue weighted by atomic mass is 10.0. The molecule has 0 amide bonds. The first-order valence-electron chi connectivity index (χ1n) is 7.25. The fourth-order valence-electron chi connectivity index (χ4n) is 2.57. The quantitative estimate of drug-likeness (QED) is 0.641. The Morgan fingerprint density at radius 1 is 0.727 bits per heavy atom. The maximum absolute atomic E-state index is 6.12. The van der Waals surface area contributed by atoms with E-state index in [2.05, 4.69) is 36.4 Å². The first-order valence-corrected chi connectivity index (χ1v) is 8.43. The molecular formula is C19H15O2P. The van der Waals surface area contributed by atoms with Gasteiger partial charge in [0.1, 0.15) is 5.75 Å². The molecule has 0 radical (unpaired) electrons. The first kappa shape index (κ1) is 13.5. The summed E-state index contributed by atoms with van der Waals surface area (Å²) in [7, 11) is -1.10. The van der Waals surface area contributed by atoms with Crippen LogP contribution < -0.4 is 9.83 Å². The topological polar surface area (TPSA) is 18.5 Å². The summed E-state index contributed by atoms with van der Waals surface area (Å²) in [4.78, 5) is 0. The molecule has 0 N–H and O–H groups in total. The van der Waals surface area contributed by atoms with Crippen molar-refractivity contribution in [2.75, 3.05) is 0 Å². The summed E-state index contributed by atoms with van der Waals surface area (Å²) >= 11 is 0. The predicted octanol–water partition coefficient (Wildman–Crippen LogP) is 4.90. The van der Waals surface area contributed by atoms with Crippen molar-refractivity contribution in [3.05, 3.63) is 84.4 Å². The van der Waals surface area contributed by atoms with Crippen molar-refractivity contribution in [2.45, 2.75) is 6.61 Å². The molecule has 1 atom stereocenters. The third kappa shape index (κ3) is 2.52. The highest BCUT2D eigenvalue weighted by Gasteiger charge is 2.27. The van der Waals surface area contributed by atoms with Crippen LogP contribution in [0, 0.1) is 0 Å². The van der Waals surface area contributed by atoms with E-state index < -0.39 is 8.38 Å². The molecule has 1 aliphatic heterocycles. The van der Waals surface area contributed by atoms with Gasteiger partial charge in [0, 0.05) is 5.56 Å². The van der Waals surface area contributed by atoms with Crippen LogP contribution in [0.3, 0.4) is 0 Å². The second-order valence-electron chi connectivity index (χ2n) is 5.12. The molecule has 0 aliphatic carbocycles. The summed E-state index contributed by atoms with van der Waals surface area (Å²) in [5.41, 5.74) is 3.51. The summed E-state index contributed by atoms with van der Waals surface area (Å²) in [6.07, 6.45) is 0. The van der Waals surface area contributed by atoms with Crippen LogP contribution in [-0.4, -0.2) is 0 Å². The first-order chi connectivity index (χ1) is 10.9. The molecule has 4 rings (SSSR count). The van der Waals surface area contributed by atoms with Crippen LogP contribution in [0.2, 0.25) is 0 Å². The molecule has 22 heavy (non-hydrogen) atoms. The Kier molecular flexibility index (Phi) is 3.64. The van der Waals surface area contributed by atoms with Gasteiger partial charge < -0.3 is 9.05 Å². The van der Waals surface area contributed by atoms with E-state index in [1.807, 2.05) is 42.5 Å². The molecule has 3 aromatic carbocycles. The van der Waals surface area contributed by atoms with Gasteiger partial charge in [-0.25, -0.2) is 0 Å². The molecule has 0 saturated heterocycles. The summed E-state index contributed by atoms with van der Waals surface area (Å²) < 4.78 is 12.2. The van der Waals surface area contributed by atoms with Gasteiger partial charge in [-0.1, -0.05) is 66.7 Å². The molecule has 2 nitrogen and oxygen atoms in total. The number of fused-ring (bicyclic) bond motifs is 3. The average Bonchev–Trinajstić information content (AvgIpc) is 2.60. The van der Waals surface area contributed by atoms with E-state index in [1.54, 1.807) is 0 Å². The van der Waals surface area contributed by atoms with E-state index in [1.165, 1.54) is 5.56 Å². The van der Waals surface area contributed by atoms with E-state index >= 15 is 0 Å². The summed E-state index contributed by atoms with van der Waals surface area (Å²) in [5, 5.41) is 1.15. The third-order valence-corrected chi connectivity index (χ3v) is 5.16. The van der Waals surface area contributed by atoms with Crippen LogP contribution in [0.1, 0.15) is 5.56 Å². The molecule has 0 aromatic heterocycles. The van der Waals surface area contributed by atoms with Crippen molar-refractivity contribution in [1.29, 1.82) is 0 Å². The van der Waals surface area contributed by atoms with E-state index in [0.29, 0.717) is 6.61 Å². The van der Waals surface area contributed by atoms with Crippen molar-refractivity contribution >= 4 is 13.7 Å². The standard InChI is InChI=1S/C19H15O2P/c1-2-8-15(9-3-1)14-20-22-19-13-7-5-11-17(19)16-10-4-6-12-18(16)21-22/h1-13H,14H2. The van der Waals surface area contributed by atoms with Gasteiger partial charge in [0.05, 0.1) is 11.9 Å². The zero-order valence-corrected chi connectivity index (χ0v) is 12.9. The van der Waals surface area contributed by atoms with Gasteiger partial charge in [0.15, 0.2) is 0 Å². The molecule has 1 aliphatic rings. The Morgan fingerprint density at radius 2 is 1.41 bits per heavy atom. The van der Waals surface area contributed by atoms with Crippen molar-refractivity contribution in [3.63, 3.8) is 0 Å². The highest BCUT2D eigenvalue weighted by atomic mass is 31.2. The van der Waals surface area contributed by atoms with Crippen LogP contribution in [0.5, 0.6) is 5.75 Å². The van der Waals surface area contributed by atoms with E-state index in [4.69, 9.17) is 9.05 Å². The number of hydrogen-bond acceptors (Lipinski definition) is 2. The second-order valence-corrected chi connectivity index (χ2v) is 6.56. The molecule has 0 spiro atoms. The molecule has 3 heteroatoms. The lowest BCUT2D eigenvalue weighted by Crippen LogP contribution is -2.15. The largest absolute Gasteiger partial charge is 0.443 e. The summed E-state index contributed by atoms with van der Waals surface area (Å²) in [6.45, 7) is 0.559. The third-order valence-electron chi connectivity index (χ3n) is 3.65. The predicted molar refractivity (Wildman–Crippen MR) is 90.3 cm³/mol. The average molecular weight is 306 g/mol. The highest BCUT2D eigenvalue weighted by molar-refractivity contribution is 7.56. The van der Waals surface area contributed by atoms with Crippen LogP contribution in [-0.2, 0) is 11.1 Å². The van der Waals surface area contributed by atoms with Crippen LogP contribution >= 0.6 is 8.38 Å². The Morgan fingerprint density at radius 3 is 2.27 bits per heavy atom. The fourth-order valence-corrected chi connectivity index (χ4v) is 4.06. The maximum Gasteiger partial charge on any atom is 0.266 e. The van der Waals surface area contributed by atoms with Crippen LogP contribution in [0.25, 0.3) is 11.1 Å². The molecule has 108 valence electrons. The van der Waals surface area contributed by atoms with Gasteiger partial charge in [0.25, 0.3) is 8.38 Å². The van der Waals surface area contributed by atoms with Crippen LogP contribution in [0.15, 0.2) is 78.9 Å². The number of benzene rings is 3. The maximum atomic E-state index is 6.12. The number of rotatable bonds is 3.